The van der Waals surface area contributed by atoms with Crippen LogP contribution in [0.3, 0.4) is 0 Å². The van der Waals surface area contributed by atoms with Crippen molar-refractivity contribution in [3.8, 4) is 0 Å². The molecule has 0 aromatic rings. The third kappa shape index (κ3) is 5.40. The van der Waals surface area contributed by atoms with Gasteiger partial charge in [-0.3, -0.25) is 4.21 Å². The highest BCUT2D eigenvalue weighted by molar-refractivity contribution is 7.86. The molecule has 1 unspecified atom stereocenters. The molecular formula is C19H36O2SSi. The van der Waals surface area contributed by atoms with Gasteiger partial charge in [-0.05, 0) is 45.3 Å². The van der Waals surface area contributed by atoms with E-state index < -0.39 is 19.1 Å². The van der Waals surface area contributed by atoms with Gasteiger partial charge in [0.2, 0.25) is 0 Å². The van der Waals surface area contributed by atoms with Crippen LogP contribution in [0, 0.1) is 5.41 Å². The van der Waals surface area contributed by atoms with E-state index in [4.69, 9.17) is 4.43 Å². The van der Waals surface area contributed by atoms with Crippen LogP contribution < -0.4 is 0 Å². The van der Waals surface area contributed by atoms with Crippen molar-refractivity contribution in [2.45, 2.75) is 83.9 Å². The molecule has 1 rings (SSSR count). The maximum atomic E-state index is 12.8. The summed E-state index contributed by atoms with van der Waals surface area (Å²) in [5.74, 6) is 0.585. The van der Waals surface area contributed by atoms with Crippen molar-refractivity contribution >= 4 is 19.1 Å². The van der Waals surface area contributed by atoms with Gasteiger partial charge in [-0.1, -0.05) is 52.0 Å². The van der Waals surface area contributed by atoms with Gasteiger partial charge in [0.1, 0.15) is 0 Å². The third-order valence-corrected chi connectivity index (χ3v) is 11.6. The minimum atomic E-state index is -1.93. The van der Waals surface area contributed by atoms with E-state index >= 15 is 0 Å². The summed E-state index contributed by atoms with van der Waals surface area (Å²) < 4.78 is 19.3. The molecule has 2 atom stereocenters. The highest BCUT2D eigenvalue weighted by Gasteiger charge is 2.44. The van der Waals surface area contributed by atoms with E-state index in [0.29, 0.717) is 5.75 Å². The highest BCUT2D eigenvalue weighted by Crippen LogP contribution is 2.41. The summed E-state index contributed by atoms with van der Waals surface area (Å²) in [6, 6.07) is 0. The number of rotatable bonds is 5. The van der Waals surface area contributed by atoms with Crippen molar-refractivity contribution in [1.29, 1.82) is 0 Å². The first kappa shape index (κ1) is 20.9. The van der Waals surface area contributed by atoms with Gasteiger partial charge in [-0.15, -0.1) is 0 Å². The third-order valence-electron chi connectivity index (χ3n) is 5.15. The summed E-state index contributed by atoms with van der Waals surface area (Å²) in [4.78, 5) is 0. The Labute approximate surface area is 147 Å². The average Bonchev–Trinajstić information content (AvgIpc) is 2.36. The van der Waals surface area contributed by atoms with Crippen LogP contribution in [-0.4, -0.2) is 29.1 Å². The fourth-order valence-electron chi connectivity index (χ4n) is 2.25. The predicted octanol–water partition coefficient (Wildman–Crippen LogP) is 5.45. The fraction of sp³-hybridized carbons (Fsp3) is 0.789. The van der Waals surface area contributed by atoms with Crippen molar-refractivity contribution in [2.24, 2.45) is 5.41 Å². The van der Waals surface area contributed by atoms with Crippen LogP contribution in [0.1, 0.15) is 54.9 Å². The number of allylic oxidation sites excluding steroid dienone is 2. The molecule has 0 radical (unpaired) electrons. The van der Waals surface area contributed by atoms with Crippen LogP contribution in [0.5, 0.6) is 0 Å². The second-order valence-corrected chi connectivity index (χ2v) is 16.4. The van der Waals surface area contributed by atoms with E-state index in [-0.39, 0.29) is 21.3 Å². The smallest absolute Gasteiger partial charge is 0.192 e. The van der Waals surface area contributed by atoms with Gasteiger partial charge >= 0.3 is 0 Å². The fourth-order valence-corrected chi connectivity index (χ4v) is 4.98. The number of hydrogen-bond donors (Lipinski definition) is 0. The van der Waals surface area contributed by atoms with Gasteiger partial charge in [-0.2, -0.15) is 0 Å². The van der Waals surface area contributed by atoms with E-state index in [9.17, 15) is 4.21 Å². The minimum absolute atomic E-state index is 0.0451. The molecule has 0 fully saturated rings. The molecule has 1 aliphatic carbocycles. The second kappa shape index (κ2) is 6.97. The highest BCUT2D eigenvalue weighted by atomic mass is 32.2. The molecule has 134 valence electrons. The van der Waals surface area contributed by atoms with Gasteiger partial charge in [0.15, 0.2) is 8.32 Å². The molecule has 0 saturated carbocycles. The second-order valence-electron chi connectivity index (χ2n) is 9.40. The first-order chi connectivity index (χ1) is 10.2. The van der Waals surface area contributed by atoms with Crippen LogP contribution in [0.2, 0.25) is 18.1 Å². The molecule has 4 heteroatoms. The summed E-state index contributed by atoms with van der Waals surface area (Å²) in [7, 11) is -2.85. The van der Waals surface area contributed by atoms with Crippen LogP contribution in [-0.2, 0) is 15.2 Å². The Morgan fingerprint density at radius 1 is 1.13 bits per heavy atom. The molecule has 0 amide bonds. The first-order valence-corrected chi connectivity index (χ1v) is 12.8. The Balaban J connectivity index is 3.12. The summed E-state index contributed by atoms with van der Waals surface area (Å²) in [5.41, 5.74) is -0.172. The molecule has 0 aromatic carbocycles. The van der Waals surface area contributed by atoms with Crippen LogP contribution in [0.4, 0.5) is 0 Å². The van der Waals surface area contributed by atoms with Crippen molar-refractivity contribution in [1.82, 2.24) is 0 Å². The molecule has 0 spiro atoms. The Morgan fingerprint density at radius 2 is 1.61 bits per heavy atom. The van der Waals surface area contributed by atoms with E-state index in [1.165, 1.54) is 0 Å². The molecule has 0 bridgehead atoms. The summed E-state index contributed by atoms with van der Waals surface area (Å²) >= 11 is 0. The van der Waals surface area contributed by atoms with Gasteiger partial charge in [0.25, 0.3) is 0 Å². The predicted molar refractivity (Wildman–Crippen MR) is 106 cm³/mol. The monoisotopic (exact) mass is 356 g/mol. The number of hydrogen-bond acceptors (Lipinski definition) is 2. The SMILES string of the molecule is CC1([C@H](CS(=O)C(C)(C)C)O[Si](C)(C)C(C)(C)C)C=CCC=C1. The Hall–Kier alpha value is -0.193. The molecule has 0 aliphatic heterocycles. The lowest BCUT2D eigenvalue weighted by molar-refractivity contribution is 0.128. The van der Waals surface area contributed by atoms with E-state index in [1.54, 1.807) is 0 Å². The van der Waals surface area contributed by atoms with Crippen LogP contribution >= 0.6 is 0 Å². The standard InChI is InChI=1S/C19H36O2SSi/c1-17(2,3)22(20)15-16(19(7)13-11-10-12-14-19)21-23(8,9)18(4,5)6/h11-14,16H,10,15H2,1-9H3/t16-,22?/m0/s1. The molecule has 23 heavy (non-hydrogen) atoms. The summed E-state index contributed by atoms with van der Waals surface area (Å²) in [5, 5.41) is 0.146. The molecule has 0 aromatic heterocycles. The lowest BCUT2D eigenvalue weighted by Crippen LogP contribution is -2.50. The van der Waals surface area contributed by atoms with Gasteiger partial charge in [0, 0.05) is 21.0 Å². The largest absolute Gasteiger partial charge is 0.412 e. The first-order valence-electron chi connectivity index (χ1n) is 8.61. The molecule has 0 saturated heterocycles. The maximum absolute atomic E-state index is 12.8. The van der Waals surface area contributed by atoms with Crippen LogP contribution in [0.15, 0.2) is 24.3 Å². The van der Waals surface area contributed by atoms with Gasteiger partial charge < -0.3 is 4.43 Å². The van der Waals surface area contributed by atoms with E-state index in [0.717, 1.165) is 6.42 Å². The van der Waals surface area contributed by atoms with Crippen molar-refractivity contribution in [3.05, 3.63) is 24.3 Å². The minimum Gasteiger partial charge on any atom is -0.412 e. The van der Waals surface area contributed by atoms with Gasteiger partial charge in [-0.25, -0.2) is 0 Å². The summed E-state index contributed by atoms with van der Waals surface area (Å²) in [6.45, 7) is 19.7. The zero-order chi connectivity index (χ0) is 18.1. The van der Waals surface area contributed by atoms with Crippen LogP contribution in [0.25, 0.3) is 0 Å². The van der Waals surface area contributed by atoms with E-state index in [1.807, 2.05) is 20.8 Å². The van der Waals surface area contributed by atoms with Crippen molar-refractivity contribution in [3.63, 3.8) is 0 Å². The van der Waals surface area contributed by atoms with E-state index in [2.05, 4.69) is 65.1 Å². The molecule has 2 nitrogen and oxygen atoms in total. The summed E-state index contributed by atoms with van der Waals surface area (Å²) in [6.07, 6.45) is 9.81. The topological polar surface area (TPSA) is 26.3 Å². The Bertz CT molecular complexity index is 480. The lowest BCUT2D eigenvalue weighted by atomic mass is 9.81. The normalized spacial score (nSPS) is 21.3. The maximum Gasteiger partial charge on any atom is 0.192 e. The molecule has 0 heterocycles. The Morgan fingerprint density at radius 3 is 2.00 bits per heavy atom. The van der Waals surface area contributed by atoms with Crippen molar-refractivity contribution in [2.75, 3.05) is 5.75 Å². The Kier molecular flexibility index (Phi) is 6.32. The zero-order valence-corrected chi connectivity index (χ0v) is 18.3. The quantitative estimate of drug-likeness (QED) is 0.484. The zero-order valence-electron chi connectivity index (χ0n) is 16.5. The lowest BCUT2D eigenvalue weighted by Gasteiger charge is -2.44. The molecule has 0 N–H and O–H groups in total. The van der Waals surface area contributed by atoms with Crippen molar-refractivity contribution < 1.29 is 8.63 Å². The molecular weight excluding hydrogens is 320 g/mol. The van der Waals surface area contributed by atoms with Gasteiger partial charge in [0.05, 0.1) is 11.9 Å². The molecule has 1 aliphatic rings. The average molecular weight is 357 g/mol.